The van der Waals surface area contributed by atoms with E-state index in [9.17, 15) is 0 Å². The molecule has 0 atom stereocenters. The first kappa shape index (κ1) is 11.2. The molecular weight excluding hydrogens is 208 g/mol. The Morgan fingerprint density at radius 3 is 1.00 bits per heavy atom. The first-order chi connectivity index (χ1) is 6.80. The number of benzene rings is 2. The Morgan fingerprint density at radius 1 is 0.500 bits per heavy atom. The van der Waals surface area contributed by atoms with Gasteiger partial charge in [-0.15, -0.1) is 25.3 Å². The van der Waals surface area contributed by atoms with Crippen LogP contribution in [0.15, 0.2) is 70.5 Å². The highest BCUT2D eigenvalue weighted by Crippen LogP contribution is 2.15. The zero-order valence-electron chi connectivity index (χ0n) is 7.67. The normalized spacial score (nSPS) is 8.71. The van der Waals surface area contributed by atoms with Crippen molar-refractivity contribution < 1.29 is 0 Å². The highest BCUT2D eigenvalue weighted by atomic mass is 32.1. The Morgan fingerprint density at radius 2 is 0.786 bits per heavy atom. The SMILES string of the molecule is Sc1ccccc1S.c1ccccc1. The topological polar surface area (TPSA) is 0 Å². The summed E-state index contributed by atoms with van der Waals surface area (Å²) >= 11 is 8.24. The lowest BCUT2D eigenvalue weighted by molar-refractivity contribution is 1.27. The van der Waals surface area contributed by atoms with Gasteiger partial charge in [0.2, 0.25) is 0 Å². The van der Waals surface area contributed by atoms with E-state index in [0.717, 1.165) is 9.79 Å². The first-order valence-electron chi connectivity index (χ1n) is 4.27. The van der Waals surface area contributed by atoms with Gasteiger partial charge >= 0.3 is 0 Å². The van der Waals surface area contributed by atoms with Gasteiger partial charge in [-0.3, -0.25) is 0 Å². The molecule has 0 bridgehead atoms. The van der Waals surface area contributed by atoms with Gasteiger partial charge in [0.25, 0.3) is 0 Å². The zero-order chi connectivity index (χ0) is 10.2. The van der Waals surface area contributed by atoms with Crippen molar-refractivity contribution in [1.82, 2.24) is 0 Å². The lowest BCUT2D eigenvalue weighted by Gasteiger charge is -1.91. The standard InChI is InChI=1S/C6H6S2.C6H6/c7-5-3-1-2-4-6(5)8;1-2-4-6-5-3-1/h1-4,7-8H;1-6H. The van der Waals surface area contributed by atoms with Crippen LogP contribution in [0.4, 0.5) is 0 Å². The van der Waals surface area contributed by atoms with Crippen molar-refractivity contribution in [3.63, 3.8) is 0 Å². The highest BCUT2D eigenvalue weighted by Gasteiger charge is 1.86. The van der Waals surface area contributed by atoms with E-state index < -0.39 is 0 Å². The maximum absolute atomic E-state index is 4.12. The van der Waals surface area contributed by atoms with Gasteiger partial charge in [0.05, 0.1) is 0 Å². The van der Waals surface area contributed by atoms with E-state index in [4.69, 9.17) is 0 Å². The fourth-order valence-corrected chi connectivity index (χ4v) is 1.17. The quantitative estimate of drug-likeness (QED) is 0.617. The minimum absolute atomic E-state index is 0.927. The molecule has 0 amide bonds. The van der Waals surface area contributed by atoms with Crippen LogP contribution < -0.4 is 0 Å². The number of thiol groups is 2. The van der Waals surface area contributed by atoms with Gasteiger partial charge in [0.15, 0.2) is 0 Å². The van der Waals surface area contributed by atoms with Gasteiger partial charge in [-0.2, -0.15) is 0 Å². The van der Waals surface area contributed by atoms with E-state index in [1.165, 1.54) is 0 Å². The van der Waals surface area contributed by atoms with Crippen LogP contribution in [0.3, 0.4) is 0 Å². The predicted molar refractivity (Wildman–Crippen MR) is 67.4 cm³/mol. The second-order valence-corrected chi connectivity index (χ2v) is 3.61. The minimum Gasteiger partial charge on any atom is -0.142 e. The molecule has 2 rings (SSSR count). The molecular formula is C12H12S2. The average Bonchev–Trinajstić information content (AvgIpc) is 2.26. The summed E-state index contributed by atoms with van der Waals surface area (Å²) in [5.74, 6) is 0. The maximum Gasteiger partial charge on any atom is 0.0174 e. The average molecular weight is 220 g/mol. The Hall–Kier alpha value is -0.860. The molecule has 0 fully saturated rings. The molecule has 2 aromatic rings. The molecule has 0 saturated carbocycles. The summed E-state index contributed by atoms with van der Waals surface area (Å²) in [5.41, 5.74) is 0. The summed E-state index contributed by atoms with van der Waals surface area (Å²) in [6.45, 7) is 0. The van der Waals surface area contributed by atoms with Gasteiger partial charge < -0.3 is 0 Å². The van der Waals surface area contributed by atoms with Gasteiger partial charge in [0.1, 0.15) is 0 Å². The number of hydrogen-bond acceptors (Lipinski definition) is 2. The molecule has 14 heavy (non-hydrogen) atoms. The summed E-state index contributed by atoms with van der Waals surface area (Å²) in [5, 5.41) is 0. The highest BCUT2D eigenvalue weighted by molar-refractivity contribution is 7.83. The molecule has 2 heteroatoms. The van der Waals surface area contributed by atoms with Crippen LogP contribution in [0, 0.1) is 0 Å². The lowest BCUT2D eigenvalue weighted by atomic mass is 10.4. The van der Waals surface area contributed by atoms with Crippen LogP contribution in [0.25, 0.3) is 0 Å². The molecule has 0 N–H and O–H groups in total. The molecule has 0 radical (unpaired) electrons. The smallest absolute Gasteiger partial charge is 0.0174 e. The molecule has 0 aromatic heterocycles. The predicted octanol–water partition coefficient (Wildman–Crippen LogP) is 3.95. The molecule has 2 aromatic carbocycles. The van der Waals surface area contributed by atoms with Crippen molar-refractivity contribution in [3.05, 3.63) is 60.7 Å². The number of hydrogen-bond donors (Lipinski definition) is 2. The molecule has 0 aliphatic heterocycles. The fraction of sp³-hybridized carbons (Fsp3) is 0. The number of rotatable bonds is 0. The van der Waals surface area contributed by atoms with Crippen molar-refractivity contribution >= 4 is 25.3 Å². The third kappa shape index (κ3) is 4.40. The van der Waals surface area contributed by atoms with Gasteiger partial charge in [-0.1, -0.05) is 48.5 Å². The van der Waals surface area contributed by atoms with Crippen LogP contribution in [0.2, 0.25) is 0 Å². The van der Waals surface area contributed by atoms with Crippen molar-refractivity contribution in [2.24, 2.45) is 0 Å². The molecule has 0 aliphatic rings. The van der Waals surface area contributed by atoms with Crippen molar-refractivity contribution in [2.75, 3.05) is 0 Å². The van der Waals surface area contributed by atoms with Crippen LogP contribution in [0.1, 0.15) is 0 Å². The Kier molecular flexibility index (Phi) is 5.27. The van der Waals surface area contributed by atoms with E-state index >= 15 is 0 Å². The summed E-state index contributed by atoms with van der Waals surface area (Å²) in [7, 11) is 0. The Balaban J connectivity index is 0.000000146. The largest absolute Gasteiger partial charge is 0.142 e. The third-order valence-electron chi connectivity index (χ3n) is 1.55. The molecule has 0 aliphatic carbocycles. The van der Waals surface area contributed by atoms with Crippen LogP contribution in [-0.2, 0) is 0 Å². The van der Waals surface area contributed by atoms with E-state index in [-0.39, 0.29) is 0 Å². The second-order valence-electron chi connectivity index (χ2n) is 2.64. The van der Waals surface area contributed by atoms with Crippen LogP contribution in [0.5, 0.6) is 0 Å². The third-order valence-corrected chi connectivity index (χ3v) is 2.50. The first-order valence-corrected chi connectivity index (χ1v) is 5.17. The summed E-state index contributed by atoms with van der Waals surface area (Å²) in [6, 6.07) is 19.7. The zero-order valence-corrected chi connectivity index (χ0v) is 9.46. The molecule has 0 unspecified atom stereocenters. The summed E-state index contributed by atoms with van der Waals surface area (Å²) in [6.07, 6.45) is 0. The van der Waals surface area contributed by atoms with Crippen molar-refractivity contribution in [2.45, 2.75) is 9.79 Å². The lowest BCUT2D eigenvalue weighted by Crippen LogP contribution is -1.65. The van der Waals surface area contributed by atoms with E-state index in [1.807, 2.05) is 60.7 Å². The van der Waals surface area contributed by atoms with E-state index in [0.29, 0.717) is 0 Å². The van der Waals surface area contributed by atoms with Crippen molar-refractivity contribution in [3.8, 4) is 0 Å². The molecule has 0 heterocycles. The monoisotopic (exact) mass is 220 g/mol. The van der Waals surface area contributed by atoms with Gasteiger partial charge in [-0.25, -0.2) is 0 Å². The Bertz CT molecular complexity index is 310. The molecule has 72 valence electrons. The minimum atomic E-state index is 0.927. The summed E-state index contributed by atoms with van der Waals surface area (Å²) in [4.78, 5) is 1.85. The van der Waals surface area contributed by atoms with E-state index in [1.54, 1.807) is 0 Å². The van der Waals surface area contributed by atoms with Crippen molar-refractivity contribution in [1.29, 1.82) is 0 Å². The second kappa shape index (κ2) is 6.57. The Labute approximate surface area is 95.8 Å². The van der Waals surface area contributed by atoms with Gasteiger partial charge in [-0.05, 0) is 12.1 Å². The fourth-order valence-electron chi connectivity index (χ4n) is 0.849. The van der Waals surface area contributed by atoms with Gasteiger partial charge in [0, 0.05) is 9.79 Å². The van der Waals surface area contributed by atoms with Crippen LogP contribution in [-0.4, -0.2) is 0 Å². The van der Waals surface area contributed by atoms with Crippen LogP contribution >= 0.6 is 25.3 Å². The molecule has 0 spiro atoms. The maximum atomic E-state index is 4.12. The molecule has 0 nitrogen and oxygen atoms in total. The van der Waals surface area contributed by atoms with E-state index in [2.05, 4.69) is 25.3 Å². The molecule has 0 saturated heterocycles. The summed E-state index contributed by atoms with van der Waals surface area (Å²) < 4.78 is 0.